The van der Waals surface area contributed by atoms with Crippen molar-refractivity contribution in [3.8, 4) is 0 Å². The van der Waals surface area contributed by atoms with Crippen LogP contribution in [0.25, 0.3) is 0 Å². The van der Waals surface area contributed by atoms with Crippen LogP contribution >= 0.6 is 7.82 Å². The van der Waals surface area contributed by atoms with Crippen LogP contribution in [0.4, 0.5) is 0 Å². The normalized spacial score (nSPS) is 14.2. The van der Waals surface area contributed by atoms with Crippen molar-refractivity contribution in [2.45, 2.75) is 309 Å². The van der Waals surface area contributed by atoms with Crippen molar-refractivity contribution in [2.75, 3.05) is 40.9 Å². The molecule has 1 amide bonds. The molecular formula is C67H125N2O6P. The Labute approximate surface area is 472 Å². The molecule has 0 bridgehead atoms. The maximum atomic E-state index is 13.0. The number of nitrogens with zero attached hydrogens (tertiary/aromatic N) is 1. The third-order valence-electron chi connectivity index (χ3n) is 14.5. The van der Waals surface area contributed by atoms with Gasteiger partial charge >= 0.3 is 0 Å². The van der Waals surface area contributed by atoms with Gasteiger partial charge in [-0.05, 0) is 64.2 Å². The lowest BCUT2D eigenvalue weighted by Gasteiger charge is -2.30. The second-order valence-electron chi connectivity index (χ2n) is 23.1. The number of hydrogen-bond acceptors (Lipinski definition) is 6. The highest BCUT2D eigenvalue weighted by atomic mass is 31.2. The Hall–Kier alpha value is -2.06. The van der Waals surface area contributed by atoms with Crippen molar-refractivity contribution in [3.05, 3.63) is 72.9 Å². The highest BCUT2D eigenvalue weighted by Gasteiger charge is 2.24. The van der Waals surface area contributed by atoms with E-state index in [1.54, 1.807) is 0 Å². The minimum absolute atomic E-state index is 0.00773. The van der Waals surface area contributed by atoms with Gasteiger partial charge in [-0.25, -0.2) is 0 Å². The van der Waals surface area contributed by atoms with Gasteiger partial charge in [0.2, 0.25) is 5.91 Å². The highest BCUT2D eigenvalue weighted by molar-refractivity contribution is 7.45. The summed E-state index contributed by atoms with van der Waals surface area (Å²) in [6, 6.07) is -0.811. The molecule has 0 aliphatic heterocycles. The van der Waals surface area contributed by atoms with E-state index in [9.17, 15) is 19.4 Å². The molecule has 0 aromatic heterocycles. The quantitative estimate of drug-likeness (QED) is 0.0272. The van der Waals surface area contributed by atoms with Gasteiger partial charge in [-0.1, -0.05) is 299 Å². The van der Waals surface area contributed by atoms with Crippen molar-refractivity contribution in [3.63, 3.8) is 0 Å². The number of rotatable bonds is 59. The molecule has 3 unspecified atom stereocenters. The number of aliphatic hydroxyl groups excluding tert-OH is 1. The van der Waals surface area contributed by atoms with Gasteiger partial charge in [0.1, 0.15) is 13.2 Å². The van der Waals surface area contributed by atoms with E-state index < -0.39 is 20.0 Å². The van der Waals surface area contributed by atoms with Crippen molar-refractivity contribution in [2.24, 2.45) is 0 Å². The van der Waals surface area contributed by atoms with Crippen LogP contribution in [-0.2, 0) is 18.4 Å². The minimum Gasteiger partial charge on any atom is -0.756 e. The molecule has 9 heteroatoms. The van der Waals surface area contributed by atoms with Gasteiger partial charge in [0, 0.05) is 6.42 Å². The van der Waals surface area contributed by atoms with Gasteiger partial charge in [0.05, 0.1) is 39.9 Å². The fourth-order valence-electron chi connectivity index (χ4n) is 9.46. The molecule has 0 spiro atoms. The van der Waals surface area contributed by atoms with Gasteiger partial charge in [-0.3, -0.25) is 9.36 Å². The second kappa shape index (κ2) is 57.6. The topological polar surface area (TPSA) is 108 Å². The zero-order valence-electron chi connectivity index (χ0n) is 50.7. The Kier molecular flexibility index (Phi) is 56.1. The van der Waals surface area contributed by atoms with Crippen LogP contribution in [0.15, 0.2) is 72.9 Å². The van der Waals surface area contributed by atoms with Crippen LogP contribution in [0.5, 0.6) is 0 Å². The minimum atomic E-state index is -4.59. The average Bonchev–Trinajstić information content (AvgIpc) is 3.38. The number of phosphoric acid groups is 1. The number of unbranched alkanes of at least 4 members (excludes halogenated alkanes) is 34. The third-order valence-corrected chi connectivity index (χ3v) is 15.4. The van der Waals surface area contributed by atoms with E-state index in [1.165, 1.54) is 186 Å². The van der Waals surface area contributed by atoms with Crippen LogP contribution in [0, 0.1) is 0 Å². The summed E-state index contributed by atoms with van der Waals surface area (Å²) < 4.78 is 23.5. The molecule has 2 N–H and O–H groups in total. The summed E-state index contributed by atoms with van der Waals surface area (Å²) in [7, 11) is 1.30. The van der Waals surface area contributed by atoms with E-state index in [0.717, 1.165) is 83.5 Å². The summed E-state index contributed by atoms with van der Waals surface area (Å²) in [5, 5.41) is 14.1. The van der Waals surface area contributed by atoms with Crippen LogP contribution in [0.3, 0.4) is 0 Å². The molecule has 0 saturated heterocycles. The summed E-state index contributed by atoms with van der Waals surface area (Å²) in [6.07, 6.45) is 79.5. The highest BCUT2D eigenvalue weighted by Crippen LogP contribution is 2.38. The molecule has 76 heavy (non-hydrogen) atoms. The first-order chi connectivity index (χ1) is 37.0. The van der Waals surface area contributed by atoms with Crippen molar-refractivity contribution < 1.29 is 32.9 Å². The molecular weight excluding hydrogens is 960 g/mol. The first kappa shape index (κ1) is 73.9. The molecule has 0 saturated carbocycles. The lowest BCUT2D eigenvalue weighted by Crippen LogP contribution is -2.46. The average molecular weight is 1090 g/mol. The standard InChI is InChI=1S/C67H125N2O6P/c1-6-8-10-12-14-16-18-20-22-24-26-28-30-32-34-36-38-40-42-44-46-48-50-52-54-56-58-60-66(70)65(64-75-76(72,73)74-63-62-69(3,4)5)68-67(71)61-59-57-55-53-51-49-47-45-43-41-39-37-35-33-31-29-27-25-23-21-19-17-15-13-11-9-7-2/h9,11,15,17,21,23,27,29,33,35,39,41,65-66,70H,6-8,10,12-14,16,18-20,22,24-26,28,30-32,34,36-38,40,42-64H2,1-5H3,(H-,68,71,72,73)/b11-9-,17-15-,23-21-,29-27-,35-33-,41-39-. The zero-order valence-corrected chi connectivity index (χ0v) is 51.6. The van der Waals surface area contributed by atoms with E-state index in [2.05, 4.69) is 92.1 Å². The van der Waals surface area contributed by atoms with Gasteiger partial charge in [0.15, 0.2) is 0 Å². The molecule has 0 aliphatic carbocycles. The molecule has 0 aromatic carbocycles. The lowest BCUT2D eigenvalue weighted by molar-refractivity contribution is -0.870. The van der Waals surface area contributed by atoms with E-state index in [0.29, 0.717) is 23.9 Å². The largest absolute Gasteiger partial charge is 0.756 e. The van der Waals surface area contributed by atoms with Gasteiger partial charge in [0.25, 0.3) is 7.82 Å². The Morgan fingerprint density at radius 3 is 1.17 bits per heavy atom. The second-order valence-corrected chi connectivity index (χ2v) is 24.5. The molecule has 8 nitrogen and oxygen atoms in total. The predicted octanol–water partition coefficient (Wildman–Crippen LogP) is 19.6. The molecule has 3 atom stereocenters. The van der Waals surface area contributed by atoms with Crippen molar-refractivity contribution >= 4 is 13.7 Å². The maximum Gasteiger partial charge on any atom is 0.268 e. The summed E-state index contributed by atoms with van der Waals surface area (Å²) in [5.41, 5.74) is 0. The maximum absolute atomic E-state index is 13.0. The predicted molar refractivity (Wildman–Crippen MR) is 330 cm³/mol. The van der Waals surface area contributed by atoms with Crippen LogP contribution in [-0.4, -0.2) is 68.5 Å². The number of phosphoric ester groups is 1. The number of likely N-dealkylation sites (N-methyl/N-ethyl adjacent to an activating group) is 1. The monoisotopic (exact) mass is 1080 g/mol. The molecule has 0 aromatic rings. The molecule has 444 valence electrons. The first-order valence-electron chi connectivity index (χ1n) is 32.3. The molecule has 0 rings (SSSR count). The Morgan fingerprint density at radius 2 is 0.803 bits per heavy atom. The first-order valence-corrected chi connectivity index (χ1v) is 33.7. The number of hydrogen-bond donors (Lipinski definition) is 2. The van der Waals surface area contributed by atoms with Crippen molar-refractivity contribution in [1.82, 2.24) is 5.32 Å². The Balaban J connectivity index is 4.13. The number of quaternary nitrogens is 1. The number of nitrogens with one attached hydrogen (secondary N) is 1. The van der Waals surface area contributed by atoms with Crippen LogP contribution in [0.2, 0.25) is 0 Å². The van der Waals surface area contributed by atoms with E-state index in [-0.39, 0.29) is 19.1 Å². The fourth-order valence-corrected chi connectivity index (χ4v) is 10.2. The number of carbonyl (C=O) groups excluding carboxylic acids is 1. The molecule has 0 aliphatic rings. The third kappa shape index (κ3) is 59.6. The number of carbonyl (C=O) groups is 1. The van der Waals surface area contributed by atoms with Gasteiger partial charge in [-0.2, -0.15) is 0 Å². The zero-order chi connectivity index (χ0) is 55.6. The van der Waals surface area contributed by atoms with E-state index in [1.807, 2.05) is 21.1 Å². The Bertz CT molecular complexity index is 1470. The Morgan fingerprint density at radius 1 is 0.474 bits per heavy atom. The smallest absolute Gasteiger partial charge is 0.268 e. The number of aliphatic hydroxyl groups is 1. The van der Waals surface area contributed by atoms with E-state index >= 15 is 0 Å². The van der Waals surface area contributed by atoms with Gasteiger partial charge < -0.3 is 28.8 Å². The van der Waals surface area contributed by atoms with Crippen LogP contribution in [0.1, 0.15) is 296 Å². The summed E-state index contributed by atoms with van der Waals surface area (Å²) in [6.45, 7) is 4.63. The SMILES string of the molecule is CC/C=C\C/C=C\C/C=C\C/C=C\C/C=C\C/C=C\CCCCCCCCCCC(=O)NC(COP(=O)([O-])OCC[N+](C)(C)C)C(O)CCCCCCCCCCCCCCCCCCCCCCCCCCCCC. The number of amides is 1. The summed E-state index contributed by atoms with van der Waals surface area (Å²) in [4.78, 5) is 25.6. The lowest BCUT2D eigenvalue weighted by atomic mass is 10.0. The van der Waals surface area contributed by atoms with E-state index in [4.69, 9.17) is 9.05 Å². The molecule has 0 fully saturated rings. The summed E-state index contributed by atoms with van der Waals surface area (Å²) in [5.74, 6) is -0.172. The molecule has 0 radical (unpaired) electrons. The van der Waals surface area contributed by atoms with Crippen LogP contribution < -0.4 is 10.2 Å². The fraction of sp³-hybridized carbons (Fsp3) is 0.806. The number of allylic oxidation sites excluding steroid dienone is 12. The van der Waals surface area contributed by atoms with Gasteiger partial charge in [-0.15, -0.1) is 0 Å². The summed E-state index contributed by atoms with van der Waals surface area (Å²) >= 11 is 0. The molecule has 0 heterocycles. The van der Waals surface area contributed by atoms with Crippen molar-refractivity contribution in [1.29, 1.82) is 0 Å².